The molecule has 2 bridgehead atoms. The SMILES string of the molecule is COC(=O)[C@@]12Oc3c(c(O)cc(C)c3-c3ccc4c(c3O)C(=O)[C@@]3(O)[C@H]5C[C@H](C)[C@H](O)C3(O4)C(=O)O5)C(=O)C1CCC[C@@H]2OC(C)=O. The quantitative estimate of drug-likeness (QED) is 0.274. The van der Waals surface area contributed by atoms with Gasteiger partial charge in [0.25, 0.3) is 11.2 Å². The fourth-order valence-corrected chi connectivity index (χ4v) is 8.30. The molecule has 14 heteroatoms. The Labute approximate surface area is 267 Å². The molecule has 8 atom stereocenters. The predicted octanol–water partition coefficient (Wildman–Crippen LogP) is 1.66. The molecule has 0 amide bonds. The molecule has 0 aromatic heterocycles. The normalized spacial score (nSPS) is 34.9. The van der Waals surface area contributed by atoms with Crippen LogP contribution in [0.4, 0.5) is 0 Å². The van der Waals surface area contributed by atoms with E-state index in [1.165, 1.54) is 25.1 Å². The van der Waals surface area contributed by atoms with Gasteiger partial charge in [-0.3, -0.25) is 14.4 Å². The summed E-state index contributed by atoms with van der Waals surface area (Å²) in [5.41, 5.74) is -8.00. The summed E-state index contributed by atoms with van der Waals surface area (Å²) in [6.45, 7) is 4.29. The van der Waals surface area contributed by atoms with Crippen molar-refractivity contribution in [1.29, 1.82) is 0 Å². The minimum atomic E-state index is -2.68. The summed E-state index contributed by atoms with van der Waals surface area (Å²) >= 11 is 0. The van der Waals surface area contributed by atoms with Crippen molar-refractivity contribution in [1.82, 2.24) is 0 Å². The van der Waals surface area contributed by atoms with Crippen LogP contribution < -0.4 is 9.47 Å². The number of phenols is 2. The molecule has 0 spiro atoms. The molecule has 2 unspecified atom stereocenters. The first kappa shape index (κ1) is 30.9. The Kier molecular flexibility index (Phi) is 6.52. The molecular weight excluding hydrogens is 620 g/mol. The number of methoxy groups -OCH3 is 1. The van der Waals surface area contributed by atoms with Crippen LogP contribution in [-0.2, 0) is 28.6 Å². The van der Waals surface area contributed by atoms with Gasteiger partial charge in [0.1, 0.15) is 46.3 Å². The number of aliphatic hydroxyl groups excluding tert-OH is 1. The Morgan fingerprint density at radius 1 is 1.04 bits per heavy atom. The van der Waals surface area contributed by atoms with Crippen LogP contribution in [-0.4, -0.2) is 92.1 Å². The van der Waals surface area contributed by atoms with Crippen LogP contribution in [0.1, 0.15) is 65.8 Å². The van der Waals surface area contributed by atoms with Crippen molar-refractivity contribution in [2.75, 3.05) is 7.11 Å². The molecule has 248 valence electrons. The summed E-state index contributed by atoms with van der Waals surface area (Å²) in [7, 11) is 1.09. The Morgan fingerprint density at radius 3 is 2.45 bits per heavy atom. The van der Waals surface area contributed by atoms with Crippen LogP contribution in [0.15, 0.2) is 18.2 Å². The highest BCUT2D eigenvalue weighted by Gasteiger charge is 2.81. The number of ether oxygens (including phenoxy) is 5. The average molecular weight is 653 g/mol. The van der Waals surface area contributed by atoms with Gasteiger partial charge in [-0.05, 0) is 62.3 Å². The molecular formula is C33H32O14. The van der Waals surface area contributed by atoms with Crippen LogP contribution in [0.2, 0.25) is 0 Å². The number of aryl methyl sites for hydroxylation is 1. The van der Waals surface area contributed by atoms with E-state index in [4.69, 9.17) is 23.7 Å². The molecule has 0 radical (unpaired) electrons. The van der Waals surface area contributed by atoms with Crippen molar-refractivity contribution in [2.45, 2.75) is 81.6 Å². The van der Waals surface area contributed by atoms with Gasteiger partial charge in [-0.1, -0.05) is 6.92 Å². The number of carbonyl (C=O) groups excluding carboxylic acids is 5. The molecule has 3 fully saturated rings. The highest BCUT2D eigenvalue weighted by molar-refractivity contribution is 6.16. The van der Waals surface area contributed by atoms with Crippen LogP contribution >= 0.6 is 0 Å². The number of hydrogen-bond donors (Lipinski definition) is 4. The third kappa shape index (κ3) is 3.59. The third-order valence-electron chi connectivity index (χ3n) is 10.4. The molecule has 47 heavy (non-hydrogen) atoms. The fourth-order valence-electron chi connectivity index (χ4n) is 8.30. The smallest absolute Gasteiger partial charge is 0.357 e. The molecule has 2 aromatic carbocycles. The van der Waals surface area contributed by atoms with Crippen molar-refractivity contribution in [3.05, 3.63) is 34.9 Å². The monoisotopic (exact) mass is 652 g/mol. The van der Waals surface area contributed by atoms with Gasteiger partial charge >= 0.3 is 17.9 Å². The maximum Gasteiger partial charge on any atom is 0.357 e. The van der Waals surface area contributed by atoms with Gasteiger partial charge < -0.3 is 44.1 Å². The molecule has 3 heterocycles. The second kappa shape index (κ2) is 9.91. The van der Waals surface area contributed by atoms with Crippen molar-refractivity contribution in [3.63, 3.8) is 0 Å². The summed E-state index contributed by atoms with van der Waals surface area (Å²) in [5, 5.41) is 45.7. The zero-order valence-electron chi connectivity index (χ0n) is 25.8. The van der Waals surface area contributed by atoms with Gasteiger partial charge in [-0.15, -0.1) is 0 Å². The standard InChI is InChI=1S/C33H32O14/c1-12-10-17(35)22-25(37)16-6-5-7-19(44-14(3)34)31(16,29(40)43-4)47-26(22)21(12)15-8-9-18-23(24(15)36)28(39)32(42)20-11-13(2)27(38)33(32,46-18)30(41)45-20/h8-10,13,16,19-20,27,35-36,38,42H,5-7,11H2,1-4H3/t13-,16?,19-,20+,27-,31+,32-,33?/m0/s1. The van der Waals surface area contributed by atoms with Gasteiger partial charge in [0.05, 0.1) is 13.0 Å². The van der Waals surface area contributed by atoms with Crippen molar-refractivity contribution < 1.29 is 68.1 Å². The topological polar surface area (TPSA) is 212 Å². The van der Waals surface area contributed by atoms with Crippen LogP contribution in [0.5, 0.6) is 23.0 Å². The van der Waals surface area contributed by atoms with E-state index < -0.39 is 93.5 Å². The Hall–Kier alpha value is -4.69. The van der Waals surface area contributed by atoms with E-state index >= 15 is 0 Å². The second-order valence-corrected chi connectivity index (χ2v) is 12.9. The molecule has 3 aliphatic heterocycles. The zero-order valence-corrected chi connectivity index (χ0v) is 25.8. The van der Waals surface area contributed by atoms with E-state index in [1.807, 2.05) is 0 Å². The predicted molar refractivity (Wildman–Crippen MR) is 155 cm³/mol. The van der Waals surface area contributed by atoms with E-state index in [2.05, 4.69) is 0 Å². The number of rotatable bonds is 3. The molecule has 2 saturated carbocycles. The lowest BCUT2D eigenvalue weighted by Gasteiger charge is -2.49. The number of hydrogen-bond acceptors (Lipinski definition) is 14. The number of esters is 3. The molecule has 1 saturated heterocycles. The fraction of sp³-hybridized carbons (Fsp3) is 0.485. The van der Waals surface area contributed by atoms with Gasteiger partial charge in [-0.25, -0.2) is 9.59 Å². The second-order valence-electron chi connectivity index (χ2n) is 12.9. The van der Waals surface area contributed by atoms with Crippen molar-refractivity contribution in [3.8, 4) is 34.1 Å². The van der Waals surface area contributed by atoms with Gasteiger partial charge in [0, 0.05) is 18.1 Å². The number of phenolic OH excluding ortho intramolecular Hbond substituents is 2. The Balaban J connectivity index is 1.44. The van der Waals surface area contributed by atoms with Gasteiger partial charge in [-0.2, -0.15) is 0 Å². The number of Topliss-reactive ketones (excluding diaryl/α,β-unsaturated/α-hetero) is 2. The lowest BCUT2D eigenvalue weighted by molar-refractivity contribution is -0.193. The summed E-state index contributed by atoms with van der Waals surface area (Å²) in [4.78, 5) is 67.0. The van der Waals surface area contributed by atoms with Crippen LogP contribution in [0.3, 0.4) is 0 Å². The van der Waals surface area contributed by atoms with Gasteiger partial charge in [0.15, 0.2) is 11.9 Å². The summed E-state index contributed by atoms with van der Waals surface area (Å²) in [6.07, 6.45) is -3.60. The minimum Gasteiger partial charge on any atom is -0.507 e. The number of aromatic hydroxyl groups is 2. The number of carbonyl (C=O) groups is 5. The largest absolute Gasteiger partial charge is 0.507 e. The molecule has 4 N–H and O–H groups in total. The Bertz CT molecular complexity index is 1810. The van der Waals surface area contributed by atoms with Crippen molar-refractivity contribution in [2.24, 2.45) is 11.8 Å². The van der Waals surface area contributed by atoms with E-state index in [9.17, 15) is 44.4 Å². The molecule has 2 aliphatic carbocycles. The number of fused-ring (bicyclic) bond motifs is 3. The van der Waals surface area contributed by atoms with E-state index in [-0.39, 0.29) is 53.0 Å². The van der Waals surface area contributed by atoms with Crippen LogP contribution in [0, 0.1) is 18.8 Å². The van der Waals surface area contributed by atoms with E-state index in [0.29, 0.717) is 6.42 Å². The van der Waals surface area contributed by atoms with Gasteiger partial charge in [0.2, 0.25) is 11.4 Å². The number of aliphatic hydroxyl groups is 2. The molecule has 7 rings (SSSR count). The van der Waals surface area contributed by atoms with E-state index in [0.717, 1.165) is 14.0 Å². The highest BCUT2D eigenvalue weighted by Crippen LogP contribution is 2.59. The van der Waals surface area contributed by atoms with E-state index in [1.54, 1.807) is 6.92 Å². The summed E-state index contributed by atoms with van der Waals surface area (Å²) in [6, 6.07) is 3.81. The third-order valence-corrected chi connectivity index (χ3v) is 10.4. The summed E-state index contributed by atoms with van der Waals surface area (Å²) < 4.78 is 28.3. The number of benzene rings is 2. The first-order valence-electron chi connectivity index (χ1n) is 15.2. The lowest BCUT2D eigenvalue weighted by Crippen LogP contribution is -2.76. The molecule has 5 aliphatic rings. The molecule has 14 nitrogen and oxygen atoms in total. The van der Waals surface area contributed by atoms with Crippen molar-refractivity contribution >= 4 is 29.5 Å². The first-order valence-corrected chi connectivity index (χ1v) is 15.2. The number of ketones is 2. The van der Waals surface area contributed by atoms with Crippen LogP contribution in [0.25, 0.3) is 11.1 Å². The lowest BCUT2D eigenvalue weighted by atomic mass is 9.62. The Morgan fingerprint density at radius 2 is 1.77 bits per heavy atom. The average Bonchev–Trinajstić information content (AvgIpc) is 3.17. The maximum atomic E-state index is 14.2. The molecule has 2 aromatic rings. The minimum absolute atomic E-state index is 0.00648. The highest BCUT2D eigenvalue weighted by atomic mass is 16.6. The summed E-state index contributed by atoms with van der Waals surface area (Å²) in [5.74, 6) is -8.29. The zero-order chi connectivity index (χ0) is 34.0. The first-order chi connectivity index (χ1) is 22.2. The maximum absolute atomic E-state index is 14.2.